The summed E-state index contributed by atoms with van der Waals surface area (Å²) in [5.41, 5.74) is 10.5. The molecule has 0 radical (unpaired) electrons. The number of piperidine rings is 1. The summed E-state index contributed by atoms with van der Waals surface area (Å²) in [5, 5.41) is 1.08. The van der Waals surface area contributed by atoms with Crippen LogP contribution in [0.1, 0.15) is 29.6 Å². The van der Waals surface area contributed by atoms with E-state index in [4.69, 9.17) is 15.5 Å². The molecular weight excluding hydrogens is 518 g/mol. The maximum Gasteiger partial charge on any atom is 0.254 e. The molecule has 212 valence electrons. The first kappa shape index (κ1) is 25.8. The highest BCUT2D eigenvalue weighted by atomic mass is 16.5. The first-order chi connectivity index (χ1) is 19.8. The van der Waals surface area contributed by atoms with E-state index in [1.165, 1.54) is 18.9 Å². The Morgan fingerprint density at radius 3 is 2.78 bits per heavy atom. The van der Waals surface area contributed by atoms with E-state index < -0.39 is 0 Å². The van der Waals surface area contributed by atoms with E-state index in [-0.39, 0.29) is 35.9 Å². The fraction of sp³-hybridized carbons (Fsp3) is 0.419. The number of carbonyl (C=O) groups is 2. The minimum absolute atomic E-state index is 0.128. The van der Waals surface area contributed by atoms with Crippen molar-refractivity contribution in [3.8, 4) is 17.3 Å². The predicted octanol–water partition coefficient (Wildman–Crippen LogP) is 3.19. The Kier molecular flexibility index (Phi) is 5.93. The van der Waals surface area contributed by atoms with Crippen LogP contribution < -0.4 is 10.5 Å². The molecule has 2 bridgehead atoms. The van der Waals surface area contributed by atoms with Gasteiger partial charge in [-0.15, -0.1) is 0 Å². The van der Waals surface area contributed by atoms with E-state index in [0.29, 0.717) is 29.3 Å². The smallest absolute Gasteiger partial charge is 0.254 e. The van der Waals surface area contributed by atoms with E-state index in [1.807, 2.05) is 34.8 Å². The average Bonchev–Trinajstić information content (AvgIpc) is 3.41. The number of imidazole rings is 1. The lowest BCUT2D eigenvalue weighted by Crippen LogP contribution is -2.54. The standard InChI is InChI=1S/C31H35N7O3/c1-5-25(39)35(2)22-13-20-16-38(28(22)26(20)32)31(40)19-11-21-27(24(14-19)41-4)36(3)30(34-21)23-12-18-7-6-10-33-29(18)37(23)15-17-8-9-17/h5-7,10-12,14,17,20,22,26,28H,1,8-9,13,15-16,32H2,2-4H3/t20-,22-,26-,28-/m1/s1. The number of nitrogens with two attached hydrogens (primary N) is 1. The number of likely N-dealkylation sites (N-methyl/N-ethyl adjacent to an activating group) is 1. The van der Waals surface area contributed by atoms with Gasteiger partial charge in [0.2, 0.25) is 5.91 Å². The lowest BCUT2D eigenvalue weighted by atomic mass is 10.0. The third kappa shape index (κ3) is 3.95. The number of amides is 2. The fourth-order valence-electron chi connectivity index (χ4n) is 7.04. The summed E-state index contributed by atoms with van der Waals surface area (Å²) in [7, 11) is 5.35. The van der Waals surface area contributed by atoms with Crippen LogP contribution in [0.15, 0.2) is 49.2 Å². The van der Waals surface area contributed by atoms with Crippen LogP contribution in [0.4, 0.5) is 0 Å². The summed E-state index contributed by atoms with van der Waals surface area (Å²) in [4.78, 5) is 39.6. The van der Waals surface area contributed by atoms with E-state index in [1.54, 1.807) is 25.1 Å². The van der Waals surface area contributed by atoms with E-state index in [2.05, 4.69) is 28.3 Å². The van der Waals surface area contributed by atoms with Gasteiger partial charge in [0.1, 0.15) is 16.9 Å². The maximum absolute atomic E-state index is 14.0. The highest BCUT2D eigenvalue weighted by Gasteiger charge is 2.54. The summed E-state index contributed by atoms with van der Waals surface area (Å²) in [6.07, 6.45) is 6.38. The van der Waals surface area contributed by atoms with Crippen LogP contribution in [0.25, 0.3) is 33.6 Å². The second-order valence-electron chi connectivity index (χ2n) is 11.8. The van der Waals surface area contributed by atoms with Gasteiger partial charge < -0.3 is 29.4 Å². The molecule has 3 fully saturated rings. The number of carbonyl (C=O) groups excluding carboxylic acids is 2. The molecule has 2 amide bonds. The number of likely N-dealkylation sites (tertiary alicyclic amines) is 1. The van der Waals surface area contributed by atoms with Crippen LogP contribution in [0.5, 0.6) is 5.75 Å². The van der Waals surface area contributed by atoms with Crippen molar-refractivity contribution in [2.75, 3.05) is 20.7 Å². The van der Waals surface area contributed by atoms with Crippen molar-refractivity contribution in [1.29, 1.82) is 0 Å². The summed E-state index contributed by atoms with van der Waals surface area (Å²) < 4.78 is 10.1. The van der Waals surface area contributed by atoms with Crippen LogP contribution in [0, 0.1) is 11.8 Å². The molecule has 4 heterocycles. The van der Waals surface area contributed by atoms with Gasteiger partial charge in [-0.3, -0.25) is 9.59 Å². The molecule has 1 aromatic carbocycles. The molecule has 2 N–H and O–H groups in total. The van der Waals surface area contributed by atoms with Gasteiger partial charge in [-0.25, -0.2) is 9.97 Å². The number of ether oxygens (including phenoxy) is 1. The molecule has 1 aliphatic heterocycles. The molecule has 2 saturated carbocycles. The molecule has 0 unspecified atom stereocenters. The molecule has 4 aromatic rings. The Hall–Kier alpha value is -4.18. The Bertz CT molecular complexity index is 1720. The highest BCUT2D eigenvalue weighted by molar-refractivity contribution is 6.00. The highest BCUT2D eigenvalue weighted by Crippen LogP contribution is 2.41. The quantitative estimate of drug-likeness (QED) is 0.352. The van der Waals surface area contributed by atoms with Crippen molar-refractivity contribution in [1.82, 2.24) is 28.9 Å². The Balaban J connectivity index is 1.29. The number of rotatable bonds is 7. The van der Waals surface area contributed by atoms with Gasteiger partial charge >= 0.3 is 0 Å². The Morgan fingerprint density at radius 1 is 1.27 bits per heavy atom. The van der Waals surface area contributed by atoms with Crippen LogP contribution in [0.3, 0.4) is 0 Å². The fourth-order valence-corrected chi connectivity index (χ4v) is 7.04. The van der Waals surface area contributed by atoms with Gasteiger partial charge in [-0.2, -0.15) is 0 Å². The predicted molar refractivity (Wildman–Crippen MR) is 156 cm³/mol. The van der Waals surface area contributed by atoms with Crippen molar-refractivity contribution in [3.05, 3.63) is 54.7 Å². The summed E-state index contributed by atoms with van der Waals surface area (Å²) >= 11 is 0. The number of pyridine rings is 1. The average molecular weight is 554 g/mol. The SMILES string of the molecule is C=CC(=O)N(C)[C@@H]1C[C@@H]2CN(C(=O)c3cc(OC)c4c(c3)nc(-c3cc5cccnc5n3CC3CC3)n4C)[C@H]1[C@@H]2N. The van der Waals surface area contributed by atoms with Gasteiger partial charge in [0.15, 0.2) is 5.82 Å². The second-order valence-corrected chi connectivity index (χ2v) is 11.8. The van der Waals surface area contributed by atoms with Crippen LogP contribution in [-0.2, 0) is 18.4 Å². The number of aryl methyl sites for hydroxylation is 1. The molecule has 3 aromatic heterocycles. The maximum atomic E-state index is 14.0. The van der Waals surface area contributed by atoms with Crippen molar-refractivity contribution >= 4 is 33.9 Å². The minimum atomic E-state index is -0.256. The number of nitrogens with zero attached hydrogens (tertiary/aromatic N) is 6. The third-order valence-electron chi connectivity index (χ3n) is 9.37. The topological polar surface area (TPSA) is 112 Å². The molecule has 10 nitrogen and oxygen atoms in total. The zero-order valence-electron chi connectivity index (χ0n) is 23.7. The summed E-state index contributed by atoms with van der Waals surface area (Å²) in [6, 6.07) is 9.24. The summed E-state index contributed by atoms with van der Waals surface area (Å²) in [6.45, 7) is 5.09. The minimum Gasteiger partial charge on any atom is -0.494 e. The van der Waals surface area contributed by atoms with E-state index in [9.17, 15) is 9.59 Å². The number of benzene rings is 1. The normalized spacial score (nSPS) is 23.5. The van der Waals surface area contributed by atoms with Crippen molar-refractivity contribution in [3.63, 3.8) is 0 Å². The molecule has 1 saturated heterocycles. The first-order valence-electron chi connectivity index (χ1n) is 14.3. The number of fused-ring (bicyclic) bond motifs is 4. The monoisotopic (exact) mass is 553 g/mol. The van der Waals surface area contributed by atoms with Crippen molar-refractivity contribution < 1.29 is 14.3 Å². The zero-order valence-corrected chi connectivity index (χ0v) is 23.7. The van der Waals surface area contributed by atoms with Crippen LogP contribution in [-0.4, -0.2) is 79.5 Å². The second kappa shape index (κ2) is 9.44. The van der Waals surface area contributed by atoms with Crippen molar-refractivity contribution in [2.24, 2.45) is 24.6 Å². The molecule has 41 heavy (non-hydrogen) atoms. The summed E-state index contributed by atoms with van der Waals surface area (Å²) in [5.74, 6) is 1.89. The van der Waals surface area contributed by atoms with Gasteiger partial charge in [0.05, 0.1) is 30.4 Å². The van der Waals surface area contributed by atoms with Crippen LogP contribution >= 0.6 is 0 Å². The van der Waals surface area contributed by atoms with Gasteiger partial charge in [0.25, 0.3) is 5.91 Å². The van der Waals surface area contributed by atoms with E-state index in [0.717, 1.165) is 41.0 Å². The van der Waals surface area contributed by atoms with Gasteiger partial charge in [-0.1, -0.05) is 6.58 Å². The largest absolute Gasteiger partial charge is 0.494 e. The third-order valence-corrected chi connectivity index (χ3v) is 9.37. The molecule has 7 rings (SSSR count). The molecule has 0 spiro atoms. The molecule has 3 aliphatic rings. The number of hydrogen-bond donors (Lipinski definition) is 1. The molecule has 4 atom stereocenters. The Labute approximate surface area is 238 Å². The molecular formula is C31H35N7O3. The first-order valence-corrected chi connectivity index (χ1v) is 14.3. The zero-order chi connectivity index (χ0) is 28.6. The van der Waals surface area contributed by atoms with E-state index >= 15 is 0 Å². The number of hydrogen-bond acceptors (Lipinski definition) is 6. The Morgan fingerprint density at radius 2 is 2.07 bits per heavy atom. The van der Waals surface area contributed by atoms with Crippen LogP contribution in [0.2, 0.25) is 0 Å². The lowest BCUT2D eigenvalue weighted by Gasteiger charge is -2.38. The lowest BCUT2D eigenvalue weighted by molar-refractivity contribution is -0.127. The number of methoxy groups -OCH3 is 1. The molecule has 10 heteroatoms. The molecule has 2 aliphatic carbocycles. The van der Waals surface area contributed by atoms with Gasteiger partial charge in [0, 0.05) is 50.4 Å². The number of aromatic nitrogens is 4. The van der Waals surface area contributed by atoms with Crippen molar-refractivity contribution in [2.45, 2.75) is 43.9 Å². The van der Waals surface area contributed by atoms with Gasteiger partial charge in [-0.05, 0) is 67.5 Å².